The lowest BCUT2D eigenvalue weighted by atomic mass is 9.98. The molecule has 1 aromatic heterocycles. The molecule has 0 saturated carbocycles. The molecule has 206 valence electrons. The number of carbonyl (C=O) groups is 1. The summed E-state index contributed by atoms with van der Waals surface area (Å²) in [6.07, 6.45) is -3.41. The lowest BCUT2D eigenvalue weighted by molar-refractivity contribution is -0.274. The molecule has 1 amide bonds. The van der Waals surface area contributed by atoms with Gasteiger partial charge >= 0.3 is 12.1 Å². The van der Waals surface area contributed by atoms with Crippen molar-refractivity contribution in [3.05, 3.63) is 108 Å². The first-order valence-electron chi connectivity index (χ1n) is 11.6. The van der Waals surface area contributed by atoms with Gasteiger partial charge in [-0.1, -0.05) is 35.3 Å². The van der Waals surface area contributed by atoms with Crippen LogP contribution < -0.4 is 20.7 Å². The van der Waals surface area contributed by atoms with Crippen molar-refractivity contribution in [1.82, 2.24) is 19.7 Å². The maximum atomic E-state index is 13.1. The smallest absolute Gasteiger partial charge is 0.454 e. The molecule has 14 heteroatoms. The van der Waals surface area contributed by atoms with E-state index in [4.69, 9.17) is 27.9 Å². The Bertz CT molecular complexity index is 1720. The van der Waals surface area contributed by atoms with Gasteiger partial charge in [-0.3, -0.25) is 14.6 Å². The fourth-order valence-corrected chi connectivity index (χ4v) is 4.76. The maximum Gasteiger partial charge on any atom is 0.573 e. The molecule has 4 aromatic rings. The molecule has 0 spiro atoms. The third-order valence-electron chi connectivity index (χ3n) is 5.91. The number of nitrogens with zero attached hydrogens (tertiary/aromatic N) is 3. The maximum absolute atomic E-state index is 13.1. The molecule has 40 heavy (non-hydrogen) atoms. The predicted molar refractivity (Wildman–Crippen MR) is 139 cm³/mol. The molecule has 5 rings (SSSR count). The number of hydrogen-bond donors (Lipinski definition) is 1. The number of ether oxygens (including phenoxy) is 2. The molecule has 0 bridgehead atoms. The van der Waals surface area contributed by atoms with E-state index >= 15 is 0 Å². The molecule has 2 heterocycles. The highest BCUT2D eigenvalue weighted by Gasteiger charge is 2.31. The van der Waals surface area contributed by atoms with E-state index < -0.39 is 17.6 Å². The van der Waals surface area contributed by atoms with Crippen molar-refractivity contribution < 1.29 is 27.4 Å². The topological polar surface area (TPSA) is 107 Å². The van der Waals surface area contributed by atoms with Gasteiger partial charge in [0.1, 0.15) is 17.7 Å². The number of H-pyrrole nitrogens is 1. The monoisotopic (exact) mass is 592 g/mol. The first kappa shape index (κ1) is 27.3. The minimum absolute atomic E-state index is 0.0686. The van der Waals surface area contributed by atoms with Crippen LogP contribution in [0.3, 0.4) is 0 Å². The Morgan fingerprint density at radius 3 is 2.42 bits per heavy atom. The van der Waals surface area contributed by atoms with E-state index in [1.165, 1.54) is 35.2 Å². The molecule has 0 unspecified atom stereocenters. The summed E-state index contributed by atoms with van der Waals surface area (Å²) < 4.78 is 48.4. The number of aromatic nitrogens is 3. The van der Waals surface area contributed by atoms with Crippen molar-refractivity contribution in [3.8, 4) is 22.9 Å². The fraction of sp³-hybridized carbons (Fsp3) is 0.154. The van der Waals surface area contributed by atoms with Crippen LogP contribution in [0.5, 0.6) is 17.2 Å². The molecular weight excluding hydrogens is 576 g/mol. The summed E-state index contributed by atoms with van der Waals surface area (Å²) in [6, 6.07) is 13.1. The molecule has 0 fully saturated rings. The fourth-order valence-electron chi connectivity index (χ4n) is 4.21. The third kappa shape index (κ3) is 5.97. The summed E-state index contributed by atoms with van der Waals surface area (Å²) in [4.78, 5) is 40.0. The van der Waals surface area contributed by atoms with Crippen LogP contribution in [-0.2, 0) is 13.0 Å². The Morgan fingerprint density at radius 1 is 0.975 bits per heavy atom. The number of nitrogens with one attached hydrogen (secondary N) is 1. The molecule has 1 aliphatic rings. The van der Waals surface area contributed by atoms with Gasteiger partial charge in [0.15, 0.2) is 5.75 Å². The van der Waals surface area contributed by atoms with Crippen LogP contribution in [0.1, 0.15) is 21.5 Å². The van der Waals surface area contributed by atoms with Gasteiger partial charge in [0.2, 0.25) is 0 Å². The zero-order valence-electron chi connectivity index (χ0n) is 20.2. The normalized spacial score (nSPS) is 13.2. The van der Waals surface area contributed by atoms with Gasteiger partial charge < -0.3 is 14.4 Å². The summed E-state index contributed by atoms with van der Waals surface area (Å²) in [6.45, 7) is 0.438. The number of rotatable bonds is 6. The van der Waals surface area contributed by atoms with Gasteiger partial charge in [-0.05, 0) is 60.0 Å². The van der Waals surface area contributed by atoms with Gasteiger partial charge in [0.05, 0.1) is 15.7 Å². The lowest BCUT2D eigenvalue weighted by Crippen LogP contribution is -2.37. The summed E-state index contributed by atoms with van der Waals surface area (Å²) >= 11 is 12.7. The van der Waals surface area contributed by atoms with Crippen LogP contribution in [0.2, 0.25) is 10.0 Å². The Morgan fingerprint density at radius 2 is 1.73 bits per heavy atom. The highest BCUT2D eigenvalue weighted by molar-refractivity contribution is 6.37. The second-order valence-electron chi connectivity index (χ2n) is 8.68. The molecule has 0 radical (unpaired) electrons. The van der Waals surface area contributed by atoms with Crippen LogP contribution in [0.15, 0.2) is 70.4 Å². The minimum atomic E-state index is -4.81. The number of aromatic amines is 1. The van der Waals surface area contributed by atoms with Gasteiger partial charge in [0.25, 0.3) is 11.5 Å². The largest absolute Gasteiger partial charge is 0.573 e. The first-order chi connectivity index (χ1) is 19.0. The average Bonchev–Trinajstić information content (AvgIpc) is 2.87. The quantitative estimate of drug-likeness (QED) is 0.333. The number of fused-ring (bicyclic) bond motifs is 1. The molecule has 3 aromatic carbocycles. The van der Waals surface area contributed by atoms with E-state index in [9.17, 15) is 27.6 Å². The van der Waals surface area contributed by atoms with Crippen LogP contribution in [0.4, 0.5) is 13.2 Å². The highest BCUT2D eigenvalue weighted by atomic mass is 35.5. The first-order valence-corrected chi connectivity index (χ1v) is 12.4. The molecule has 9 nitrogen and oxygen atoms in total. The minimum Gasteiger partial charge on any atom is -0.454 e. The molecular formula is C26H17Cl2F3N4O5. The SMILES string of the molecule is O=C1c2ccc(Oc3c(Cl)cc(-n4ncc(=O)[nH]c4=O)cc3Cl)cc2CCN1Cc1cccc(OC(F)(F)F)c1. The molecule has 1 N–H and O–H groups in total. The highest BCUT2D eigenvalue weighted by Crippen LogP contribution is 2.39. The standard InChI is InChI=1S/C26H17Cl2F3N4O5/c27-20-10-16(35-25(38)33-22(36)12-32-35)11-21(28)23(20)39-17-4-5-19-15(9-17)6-7-34(24(19)37)13-14-2-1-3-18(8-14)40-26(29,30)31/h1-5,8-12H,6-7,13H2,(H,33,36,38). The van der Waals surface area contributed by atoms with Crippen LogP contribution in [0.25, 0.3) is 5.69 Å². The molecule has 1 aliphatic heterocycles. The van der Waals surface area contributed by atoms with Crippen molar-refractivity contribution in [2.45, 2.75) is 19.3 Å². The number of halogens is 5. The third-order valence-corrected chi connectivity index (χ3v) is 6.47. The van der Waals surface area contributed by atoms with Crippen LogP contribution in [-0.4, -0.2) is 38.5 Å². The van der Waals surface area contributed by atoms with E-state index in [0.29, 0.717) is 35.4 Å². The second-order valence-corrected chi connectivity index (χ2v) is 9.50. The van der Waals surface area contributed by atoms with E-state index in [-0.39, 0.29) is 39.7 Å². The zero-order chi connectivity index (χ0) is 28.6. The van der Waals surface area contributed by atoms with Crippen molar-refractivity contribution in [3.63, 3.8) is 0 Å². The Hall–Kier alpha value is -4.29. The van der Waals surface area contributed by atoms with Crippen molar-refractivity contribution in [2.75, 3.05) is 6.54 Å². The zero-order valence-corrected chi connectivity index (χ0v) is 21.7. The number of benzene rings is 3. The van der Waals surface area contributed by atoms with Gasteiger partial charge in [0, 0.05) is 18.7 Å². The molecule has 0 saturated heterocycles. The van der Waals surface area contributed by atoms with Gasteiger partial charge in [-0.15, -0.1) is 13.2 Å². The number of hydrogen-bond acceptors (Lipinski definition) is 6. The summed E-state index contributed by atoms with van der Waals surface area (Å²) in [5.74, 6) is -0.180. The molecule has 0 aliphatic carbocycles. The molecule has 0 atom stereocenters. The lowest BCUT2D eigenvalue weighted by Gasteiger charge is -2.29. The van der Waals surface area contributed by atoms with E-state index in [2.05, 4.69) is 14.8 Å². The summed E-state index contributed by atoms with van der Waals surface area (Å²) in [5, 5.41) is 3.90. The number of amides is 1. The van der Waals surface area contributed by atoms with Crippen LogP contribution in [0, 0.1) is 0 Å². The van der Waals surface area contributed by atoms with E-state index in [0.717, 1.165) is 10.9 Å². The van der Waals surface area contributed by atoms with E-state index in [1.807, 2.05) is 0 Å². The van der Waals surface area contributed by atoms with Crippen molar-refractivity contribution in [1.29, 1.82) is 0 Å². The number of alkyl halides is 3. The Labute approximate surface area is 233 Å². The van der Waals surface area contributed by atoms with Crippen molar-refractivity contribution in [2.24, 2.45) is 0 Å². The number of carbonyl (C=O) groups excluding carboxylic acids is 1. The Balaban J connectivity index is 1.32. The van der Waals surface area contributed by atoms with Gasteiger partial charge in [-0.2, -0.15) is 9.78 Å². The second kappa shape index (κ2) is 10.7. The Kier molecular flexibility index (Phi) is 7.30. The summed E-state index contributed by atoms with van der Waals surface area (Å²) in [5.41, 5.74) is 0.403. The van der Waals surface area contributed by atoms with E-state index in [1.54, 1.807) is 24.3 Å². The predicted octanol–water partition coefficient (Wildman–Crippen LogP) is 5.12. The van der Waals surface area contributed by atoms with Crippen molar-refractivity contribution >= 4 is 29.1 Å². The van der Waals surface area contributed by atoms with Gasteiger partial charge in [-0.25, -0.2) is 4.79 Å². The average molecular weight is 593 g/mol. The summed E-state index contributed by atoms with van der Waals surface area (Å²) in [7, 11) is 0. The van der Waals surface area contributed by atoms with Crippen LogP contribution >= 0.6 is 23.2 Å².